The molecule has 0 bridgehead atoms. The van der Waals surface area contributed by atoms with Crippen molar-refractivity contribution >= 4 is 11.6 Å². The topological polar surface area (TPSA) is 42.1 Å². The lowest BCUT2D eigenvalue weighted by atomic mass is 9.99. The molecule has 2 atom stereocenters. The quantitative estimate of drug-likeness (QED) is 0.804. The SMILES string of the molecule is CC1CC(N)CCN1Cc1cccnc1Cl. The minimum Gasteiger partial charge on any atom is -0.328 e. The van der Waals surface area contributed by atoms with E-state index in [4.69, 9.17) is 17.3 Å². The fraction of sp³-hybridized carbons (Fsp3) is 0.583. The summed E-state index contributed by atoms with van der Waals surface area (Å²) in [5.41, 5.74) is 7.05. The Morgan fingerprint density at radius 3 is 3.12 bits per heavy atom. The third-order valence-corrected chi connectivity index (χ3v) is 3.60. The van der Waals surface area contributed by atoms with E-state index < -0.39 is 0 Å². The molecule has 1 aromatic heterocycles. The third-order valence-electron chi connectivity index (χ3n) is 3.26. The molecule has 1 saturated heterocycles. The Hall–Kier alpha value is -0.640. The van der Waals surface area contributed by atoms with Gasteiger partial charge in [0.15, 0.2) is 0 Å². The summed E-state index contributed by atoms with van der Waals surface area (Å²) in [5.74, 6) is 0. The Bertz CT molecular complexity index is 356. The molecular formula is C12H18ClN3. The van der Waals surface area contributed by atoms with Gasteiger partial charge in [0.25, 0.3) is 0 Å². The molecule has 0 amide bonds. The number of hydrogen-bond donors (Lipinski definition) is 1. The molecule has 16 heavy (non-hydrogen) atoms. The molecule has 2 unspecified atom stereocenters. The summed E-state index contributed by atoms with van der Waals surface area (Å²) in [6, 6.07) is 4.86. The summed E-state index contributed by atoms with van der Waals surface area (Å²) in [5, 5.41) is 0.615. The van der Waals surface area contributed by atoms with Crippen molar-refractivity contribution in [1.29, 1.82) is 0 Å². The van der Waals surface area contributed by atoms with E-state index in [0.717, 1.165) is 31.5 Å². The van der Waals surface area contributed by atoms with Crippen molar-refractivity contribution in [3.05, 3.63) is 29.0 Å². The second kappa shape index (κ2) is 5.13. The first-order valence-electron chi connectivity index (χ1n) is 5.76. The van der Waals surface area contributed by atoms with Gasteiger partial charge in [-0.25, -0.2) is 4.98 Å². The number of pyridine rings is 1. The van der Waals surface area contributed by atoms with E-state index in [9.17, 15) is 0 Å². The standard InChI is InChI=1S/C12H18ClN3/c1-9-7-11(14)4-6-16(9)8-10-3-2-5-15-12(10)13/h2-3,5,9,11H,4,6-8,14H2,1H3. The van der Waals surface area contributed by atoms with Gasteiger partial charge in [-0.3, -0.25) is 4.90 Å². The minimum atomic E-state index is 0.357. The van der Waals surface area contributed by atoms with Gasteiger partial charge in [0.2, 0.25) is 0 Å². The molecule has 1 aliphatic rings. The number of halogens is 1. The molecule has 0 aromatic carbocycles. The number of nitrogens with two attached hydrogens (primary N) is 1. The van der Waals surface area contributed by atoms with Crippen LogP contribution in [-0.2, 0) is 6.54 Å². The van der Waals surface area contributed by atoms with Crippen LogP contribution in [0.15, 0.2) is 18.3 Å². The van der Waals surface area contributed by atoms with Crippen LogP contribution in [0, 0.1) is 0 Å². The molecule has 0 aliphatic carbocycles. The van der Waals surface area contributed by atoms with Crippen LogP contribution in [0.2, 0.25) is 5.15 Å². The van der Waals surface area contributed by atoms with E-state index in [0.29, 0.717) is 17.2 Å². The normalized spacial score (nSPS) is 26.9. The number of hydrogen-bond acceptors (Lipinski definition) is 3. The number of aromatic nitrogens is 1. The third kappa shape index (κ3) is 2.73. The summed E-state index contributed by atoms with van der Waals surface area (Å²) >= 11 is 6.06. The molecule has 88 valence electrons. The predicted molar refractivity (Wildman–Crippen MR) is 66.3 cm³/mol. The molecule has 4 heteroatoms. The van der Waals surface area contributed by atoms with Gasteiger partial charge in [-0.2, -0.15) is 0 Å². The lowest BCUT2D eigenvalue weighted by Crippen LogP contribution is -2.45. The maximum absolute atomic E-state index is 6.06. The highest BCUT2D eigenvalue weighted by molar-refractivity contribution is 6.30. The van der Waals surface area contributed by atoms with E-state index in [1.165, 1.54) is 0 Å². The molecule has 1 fully saturated rings. The van der Waals surface area contributed by atoms with Crippen LogP contribution < -0.4 is 5.73 Å². The van der Waals surface area contributed by atoms with Crippen LogP contribution in [0.1, 0.15) is 25.3 Å². The van der Waals surface area contributed by atoms with Gasteiger partial charge in [-0.05, 0) is 25.8 Å². The molecule has 2 rings (SSSR count). The lowest BCUT2D eigenvalue weighted by molar-refractivity contribution is 0.140. The van der Waals surface area contributed by atoms with Crippen molar-refractivity contribution in [3.63, 3.8) is 0 Å². The highest BCUT2D eigenvalue weighted by Crippen LogP contribution is 2.21. The Labute approximate surface area is 102 Å². The van der Waals surface area contributed by atoms with Crippen molar-refractivity contribution in [1.82, 2.24) is 9.88 Å². The van der Waals surface area contributed by atoms with E-state index in [2.05, 4.69) is 16.8 Å². The van der Waals surface area contributed by atoms with Crippen molar-refractivity contribution < 1.29 is 0 Å². The first-order valence-corrected chi connectivity index (χ1v) is 6.13. The fourth-order valence-electron chi connectivity index (χ4n) is 2.25. The largest absolute Gasteiger partial charge is 0.328 e. The number of nitrogens with zero attached hydrogens (tertiary/aromatic N) is 2. The zero-order valence-electron chi connectivity index (χ0n) is 9.56. The molecule has 2 heterocycles. The van der Waals surface area contributed by atoms with Crippen LogP contribution in [0.3, 0.4) is 0 Å². The molecule has 0 spiro atoms. The highest BCUT2D eigenvalue weighted by Gasteiger charge is 2.23. The molecule has 1 aliphatic heterocycles. The summed E-state index contributed by atoms with van der Waals surface area (Å²) in [6.07, 6.45) is 3.86. The van der Waals surface area contributed by atoms with E-state index in [1.54, 1.807) is 6.20 Å². The molecule has 0 saturated carbocycles. The summed E-state index contributed by atoms with van der Waals surface area (Å²) in [4.78, 5) is 6.52. The van der Waals surface area contributed by atoms with Gasteiger partial charge in [0.05, 0.1) is 0 Å². The lowest BCUT2D eigenvalue weighted by Gasteiger charge is -2.36. The van der Waals surface area contributed by atoms with Gasteiger partial charge in [0.1, 0.15) is 5.15 Å². The number of rotatable bonds is 2. The zero-order chi connectivity index (χ0) is 11.5. The van der Waals surface area contributed by atoms with Gasteiger partial charge in [-0.1, -0.05) is 17.7 Å². The van der Waals surface area contributed by atoms with Crippen LogP contribution in [0.25, 0.3) is 0 Å². The molecule has 2 N–H and O–H groups in total. The van der Waals surface area contributed by atoms with Crippen LogP contribution in [0.4, 0.5) is 0 Å². The summed E-state index contributed by atoms with van der Waals surface area (Å²) in [6.45, 7) is 4.15. The summed E-state index contributed by atoms with van der Waals surface area (Å²) < 4.78 is 0. The van der Waals surface area contributed by atoms with Gasteiger partial charge >= 0.3 is 0 Å². The second-order valence-electron chi connectivity index (χ2n) is 4.56. The first-order chi connectivity index (χ1) is 7.66. The van der Waals surface area contributed by atoms with Gasteiger partial charge < -0.3 is 5.73 Å². The van der Waals surface area contributed by atoms with Gasteiger partial charge in [0, 0.05) is 36.9 Å². The molecular weight excluding hydrogens is 222 g/mol. The molecule has 0 radical (unpaired) electrons. The molecule has 1 aromatic rings. The highest BCUT2D eigenvalue weighted by atomic mass is 35.5. The fourth-order valence-corrected chi connectivity index (χ4v) is 2.43. The Morgan fingerprint density at radius 2 is 2.44 bits per heavy atom. The summed E-state index contributed by atoms with van der Waals surface area (Å²) in [7, 11) is 0. The molecule has 3 nitrogen and oxygen atoms in total. The minimum absolute atomic E-state index is 0.357. The smallest absolute Gasteiger partial charge is 0.133 e. The second-order valence-corrected chi connectivity index (χ2v) is 4.92. The van der Waals surface area contributed by atoms with Crippen LogP contribution in [0.5, 0.6) is 0 Å². The van der Waals surface area contributed by atoms with Crippen LogP contribution >= 0.6 is 11.6 Å². The maximum atomic E-state index is 6.06. The monoisotopic (exact) mass is 239 g/mol. The number of piperidine rings is 1. The van der Waals surface area contributed by atoms with Crippen molar-refractivity contribution in [3.8, 4) is 0 Å². The average Bonchev–Trinajstić information content (AvgIpc) is 2.25. The van der Waals surface area contributed by atoms with Gasteiger partial charge in [-0.15, -0.1) is 0 Å². The Morgan fingerprint density at radius 1 is 1.62 bits per heavy atom. The average molecular weight is 240 g/mol. The maximum Gasteiger partial charge on any atom is 0.133 e. The van der Waals surface area contributed by atoms with E-state index in [-0.39, 0.29) is 0 Å². The van der Waals surface area contributed by atoms with E-state index >= 15 is 0 Å². The number of likely N-dealkylation sites (tertiary alicyclic amines) is 1. The Balaban J connectivity index is 2.02. The predicted octanol–water partition coefficient (Wildman–Crippen LogP) is 2.05. The van der Waals surface area contributed by atoms with Crippen molar-refractivity contribution in [2.45, 2.75) is 38.4 Å². The van der Waals surface area contributed by atoms with Crippen molar-refractivity contribution in [2.24, 2.45) is 5.73 Å². The van der Waals surface area contributed by atoms with Crippen molar-refractivity contribution in [2.75, 3.05) is 6.54 Å². The first kappa shape index (κ1) is 11.8. The van der Waals surface area contributed by atoms with E-state index in [1.807, 2.05) is 12.1 Å². The van der Waals surface area contributed by atoms with Crippen LogP contribution in [-0.4, -0.2) is 28.5 Å². The Kier molecular flexibility index (Phi) is 3.79. The zero-order valence-corrected chi connectivity index (χ0v) is 10.3.